The van der Waals surface area contributed by atoms with Crippen LogP contribution in [0.25, 0.3) is 0 Å². The van der Waals surface area contributed by atoms with Crippen molar-refractivity contribution in [2.45, 2.75) is 6.92 Å². The lowest BCUT2D eigenvalue weighted by Crippen LogP contribution is -2.06. The first kappa shape index (κ1) is 17.8. The van der Waals surface area contributed by atoms with Crippen LogP contribution >= 0.6 is 23.2 Å². The summed E-state index contributed by atoms with van der Waals surface area (Å²) in [5, 5.41) is 18.0. The summed E-state index contributed by atoms with van der Waals surface area (Å²) in [6.45, 7) is 1.89. The molecule has 0 bridgehead atoms. The molecule has 2 heterocycles. The third-order valence-electron chi connectivity index (χ3n) is 3.35. The molecule has 132 valence electrons. The van der Waals surface area contributed by atoms with Crippen LogP contribution in [0.5, 0.6) is 0 Å². The Morgan fingerprint density at radius 2 is 1.77 bits per heavy atom. The zero-order valence-electron chi connectivity index (χ0n) is 13.4. The van der Waals surface area contributed by atoms with Crippen LogP contribution in [0.1, 0.15) is 5.56 Å². The lowest BCUT2D eigenvalue weighted by Gasteiger charge is -2.11. The average molecular weight is 391 g/mol. The molecule has 0 fully saturated rings. The highest BCUT2D eigenvalue weighted by atomic mass is 35.5. The molecule has 10 heteroatoms. The van der Waals surface area contributed by atoms with E-state index in [0.29, 0.717) is 21.6 Å². The second kappa shape index (κ2) is 7.51. The summed E-state index contributed by atoms with van der Waals surface area (Å²) in [7, 11) is 0. The highest BCUT2D eigenvalue weighted by Crippen LogP contribution is 2.35. The average Bonchev–Trinajstić information content (AvgIpc) is 2.57. The van der Waals surface area contributed by atoms with E-state index in [4.69, 9.17) is 23.2 Å². The summed E-state index contributed by atoms with van der Waals surface area (Å²) >= 11 is 12.0. The highest BCUT2D eigenvalue weighted by molar-refractivity contribution is 6.36. The summed E-state index contributed by atoms with van der Waals surface area (Å²) < 4.78 is 0. The minimum atomic E-state index is -0.579. The van der Waals surface area contributed by atoms with Crippen LogP contribution in [0.15, 0.2) is 42.9 Å². The molecule has 3 rings (SSSR count). The topological polar surface area (TPSA) is 106 Å². The molecular weight excluding hydrogens is 379 g/mol. The number of hydrogen-bond donors (Lipinski definition) is 2. The first-order valence-corrected chi connectivity index (χ1v) is 8.11. The number of nitro groups is 1. The number of rotatable bonds is 5. The second-order valence-corrected chi connectivity index (χ2v) is 6.11. The standard InChI is InChI=1S/C16H12Cl2N6O2/c1-9-4-5-19-13(6-9)23-16-14(24(25)26)15(20-8-21-16)22-12-3-2-10(17)7-11(12)18/h2-8H,1H3,(H2,19,20,21,22,23). The van der Waals surface area contributed by atoms with Crippen molar-refractivity contribution in [2.24, 2.45) is 0 Å². The van der Waals surface area contributed by atoms with Gasteiger partial charge in [-0.1, -0.05) is 23.2 Å². The molecule has 8 nitrogen and oxygen atoms in total. The van der Waals surface area contributed by atoms with E-state index in [1.54, 1.807) is 24.4 Å². The molecule has 0 radical (unpaired) electrons. The van der Waals surface area contributed by atoms with Crippen LogP contribution in [-0.4, -0.2) is 19.9 Å². The smallest absolute Gasteiger partial charge is 0.333 e. The Bertz CT molecular complexity index is 983. The van der Waals surface area contributed by atoms with E-state index in [2.05, 4.69) is 25.6 Å². The number of nitrogens with zero attached hydrogens (tertiary/aromatic N) is 4. The number of benzene rings is 1. The number of aryl methyl sites for hydroxylation is 1. The van der Waals surface area contributed by atoms with Gasteiger partial charge in [0.25, 0.3) is 0 Å². The van der Waals surface area contributed by atoms with Gasteiger partial charge >= 0.3 is 5.69 Å². The summed E-state index contributed by atoms with van der Waals surface area (Å²) in [4.78, 5) is 23.1. The Morgan fingerprint density at radius 1 is 1.04 bits per heavy atom. The molecule has 0 aliphatic carbocycles. The van der Waals surface area contributed by atoms with Crippen molar-refractivity contribution in [3.63, 3.8) is 0 Å². The molecule has 26 heavy (non-hydrogen) atoms. The molecule has 0 aliphatic rings. The highest BCUT2D eigenvalue weighted by Gasteiger charge is 2.24. The SMILES string of the molecule is Cc1ccnc(Nc2ncnc(Nc3ccc(Cl)cc3Cl)c2[N+](=O)[O-])c1. The van der Waals surface area contributed by atoms with Gasteiger partial charge in [0.15, 0.2) is 0 Å². The van der Waals surface area contributed by atoms with Gasteiger partial charge in [0.2, 0.25) is 11.6 Å². The molecule has 0 spiro atoms. The van der Waals surface area contributed by atoms with Crippen molar-refractivity contribution in [2.75, 3.05) is 10.6 Å². The van der Waals surface area contributed by atoms with Gasteiger partial charge < -0.3 is 10.6 Å². The van der Waals surface area contributed by atoms with E-state index in [9.17, 15) is 10.1 Å². The molecule has 0 saturated heterocycles. The lowest BCUT2D eigenvalue weighted by molar-refractivity contribution is -0.383. The minimum absolute atomic E-state index is 0.00984. The maximum atomic E-state index is 11.6. The number of halogens is 2. The Morgan fingerprint density at radius 3 is 2.42 bits per heavy atom. The van der Waals surface area contributed by atoms with Crippen LogP contribution in [0, 0.1) is 17.0 Å². The molecule has 0 saturated carbocycles. The van der Waals surface area contributed by atoms with Gasteiger partial charge in [-0.3, -0.25) is 10.1 Å². The predicted molar refractivity (Wildman–Crippen MR) is 101 cm³/mol. The van der Waals surface area contributed by atoms with Gasteiger partial charge in [0.1, 0.15) is 12.1 Å². The zero-order chi connectivity index (χ0) is 18.7. The third kappa shape index (κ3) is 3.98. The van der Waals surface area contributed by atoms with Gasteiger partial charge in [-0.2, -0.15) is 0 Å². The number of anilines is 4. The second-order valence-electron chi connectivity index (χ2n) is 5.27. The van der Waals surface area contributed by atoms with E-state index < -0.39 is 4.92 Å². The van der Waals surface area contributed by atoms with E-state index in [-0.39, 0.29) is 17.3 Å². The fraction of sp³-hybridized carbons (Fsp3) is 0.0625. The van der Waals surface area contributed by atoms with Crippen LogP contribution in [0.3, 0.4) is 0 Å². The molecule has 2 N–H and O–H groups in total. The number of aromatic nitrogens is 3. The Kier molecular flexibility index (Phi) is 5.15. The van der Waals surface area contributed by atoms with Crippen molar-refractivity contribution in [3.8, 4) is 0 Å². The van der Waals surface area contributed by atoms with Crippen LogP contribution in [0.4, 0.5) is 28.8 Å². The molecular formula is C16H12Cl2N6O2. The summed E-state index contributed by atoms with van der Waals surface area (Å²) in [5.41, 5.74) is 1.05. The van der Waals surface area contributed by atoms with E-state index >= 15 is 0 Å². The molecule has 2 aromatic heterocycles. The van der Waals surface area contributed by atoms with Crippen molar-refractivity contribution in [3.05, 3.63) is 68.6 Å². The molecule has 0 unspecified atom stereocenters. The molecule has 0 aliphatic heterocycles. The molecule has 0 amide bonds. The first-order valence-electron chi connectivity index (χ1n) is 7.35. The fourth-order valence-electron chi connectivity index (χ4n) is 2.18. The van der Waals surface area contributed by atoms with Gasteiger partial charge in [-0.25, -0.2) is 15.0 Å². The van der Waals surface area contributed by atoms with Gasteiger partial charge in [0.05, 0.1) is 15.6 Å². The normalized spacial score (nSPS) is 10.4. The van der Waals surface area contributed by atoms with Crippen LogP contribution in [0.2, 0.25) is 10.0 Å². The monoisotopic (exact) mass is 390 g/mol. The van der Waals surface area contributed by atoms with Crippen molar-refractivity contribution in [1.29, 1.82) is 0 Å². The summed E-state index contributed by atoms with van der Waals surface area (Å²) in [6, 6.07) is 8.29. The van der Waals surface area contributed by atoms with Crippen molar-refractivity contribution in [1.82, 2.24) is 15.0 Å². The van der Waals surface area contributed by atoms with Crippen LogP contribution in [-0.2, 0) is 0 Å². The molecule has 0 atom stereocenters. The molecule has 1 aromatic carbocycles. The van der Waals surface area contributed by atoms with Crippen molar-refractivity contribution < 1.29 is 4.92 Å². The Balaban J connectivity index is 1.99. The molecule has 3 aromatic rings. The van der Waals surface area contributed by atoms with Gasteiger partial charge in [-0.05, 0) is 42.8 Å². The fourth-order valence-corrected chi connectivity index (χ4v) is 2.63. The van der Waals surface area contributed by atoms with Gasteiger partial charge in [0, 0.05) is 11.2 Å². The summed E-state index contributed by atoms with van der Waals surface area (Å²) in [6.07, 6.45) is 2.80. The van der Waals surface area contributed by atoms with E-state index in [0.717, 1.165) is 5.56 Å². The third-order valence-corrected chi connectivity index (χ3v) is 3.90. The predicted octanol–water partition coefficient (Wildman–Crippen LogP) is 4.88. The first-order chi connectivity index (χ1) is 12.4. The van der Waals surface area contributed by atoms with Crippen molar-refractivity contribution >= 4 is 52.0 Å². The largest absolute Gasteiger partial charge is 0.353 e. The number of nitrogens with one attached hydrogen (secondary N) is 2. The Hall–Kier alpha value is -2.97. The maximum Gasteiger partial charge on any atom is 0.353 e. The zero-order valence-corrected chi connectivity index (χ0v) is 14.9. The lowest BCUT2D eigenvalue weighted by atomic mass is 10.3. The van der Waals surface area contributed by atoms with Crippen LogP contribution < -0.4 is 10.6 Å². The van der Waals surface area contributed by atoms with Gasteiger partial charge in [-0.15, -0.1) is 0 Å². The van der Waals surface area contributed by atoms with E-state index in [1.807, 2.05) is 13.0 Å². The maximum absolute atomic E-state index is 11.6. The van der Waals surface area contributed by atoms with E-state index in [1.165, 1.54) is 12.4 Å². The minimum Gasteiger partial charge on any atom is -0.333 e. The summed E-state index contributed by atoms with van der Waals surface area (Å²) in [5.74, 6) is 0.433. The number of pyridine rings is 1. The number of hydrogen-bond acceptors (Lipinski definition) is 7. The Labute approximate surface area is 158 Å². The quantitative estimate of drug-likeness (QED) is 0.472.